The largest absolute Gasteiger partial charge is 0.496 e. The van der Waals surface area contributed by atoms with Crippen LogP contribution >= 0.6 is 0 Å². The third-order valence-corrected chi connectivity index (χ3v) is 2.31. The van der Waals surface area contributed by atoms with Crippen LogP contribution in [-0.2, 0) is 0 Å². The molecule has 0 aliphatic heterocycles. The van der Waals surface area contributed by atoms with E-state index in [0.29, 0.717) is 11.3 Å². The average Bonchev–Trinajstić information content (AvgIpc) is 2.15. The van der Waals surface area contributed by atoms with E-state index in [2.05, 4.69) is 0 Å². The zero-order chi connectivity index (χ0) is 11.6. The Morgan fingerprint density at radius 2 is 1.93 bits per heavy atom. The molecule has 0 aliphatic rings. The molecule has 0 saturated carbocycles. The predicted molar refractivity (Wildman–Crippen MR) is 57.4 cm³/mol. The minimum atomic E-state index is -0.673. The van der Waals surface area contributed by atoms with Crippen LogP contribution in [0.4, 0.5) is 4.39 Å². The van der Waals surface area contributed by atoms with E-state index in [1.54, 1.807) is 6.07 Å². The van der Waals surface area contributed by atoms with Crippen LogP contribution in [0.15, 0.2) is 18.2 Å². The van der Waals surface area contributed by atoms with Crippen molar-refractivity contribution in [3.8, 4) is 5.75 Å². The molecule has 1 rings (SSSR count). The monoisotopic (exact) mass is 212 g/mol. The van der Waals surface area contributed by atoms with Crippen molar-refractivity contribution in [1.82, 2.24) is 0 Å². The average molecular weight is 212 g/mol. The summed E-state index contributed by atoms with van der Waals surface area (Å²) in [6.45, 7) is 5.75. The molecule has 0 fully saturated rings. The molecule has 0 radical (unpaired) electrons. The van der Waals surface area contributed by atoms with E-state index >= 15 is 0 Å². The fourth-order valence-corrected chi connectivity index (χ4v) is 1.38. The second-order valence-corrected chi connectivity index (χ2v) is 4.65. The molecule has 1 atom stereocenters. The summed E-state index contributed by atoms with van der Waals surface area (Å²) in [5, 5.41) is 10.1. The van der Waals surface area contributed by atoms with Crippen LogP contribution in [0, 0.1) is 11.2 Å². The molecule has 1 N–H and O–H groups in total. The number of rotatable bonds is 2. The second kappa shape index (κ2) is 4.19. The van der Waals surface area contributed by atoms with Crippen molar-refractivity contribution in [1.29, 1.82) is 0 Å². The summed E-state index contributed by atoms with van der Waals surface area (Å²) >= 11 is 0. The minimum Gasteiger partial charge on any atom is -0.496 e. The van der Waals surface area contributed by atoms with Crippen molar-refractivity contribution < 1.29 is 14.2 Å². The third kappa shape index (κ3) is 2.69. The Labute approximate surface area is 89.7 Å². The lowest BCUT2D eigenvalue weighted by molar-refractivity contribution is 0.0603. The third-order valence-electron chi connectivity index (χ3n) is 2.31. The first-order valence-corrected chi connectivity index (χ1v) is 4.87. The van der Waals surface area contributed by atoms with Gasteiger partial charge in [0, 0.05) is 11.6 Å². The smallest absolute Gasteiger partial charge is 0.127 e. The van der Waals surface area contributed by atoms with Crippen molar-refractivity contribution in [2.75, 3.05) is 7.11 Å². The van der Waals surface area contributed by atoms with Gasteiger partial charge in [0.05, 0.1) is 13.2 Å². The van der Waals surface area contributed by atoms with Gasteiger partial charge >= 0.3 is 0 Å². The van der Waals surface area contributed by atoms with Crippen LogP contribution in [0.2, 0.25) is 0 Å². The number of methoxy groups -OCH3 is 1. The molecule has 3 heteroatoms. The topological polar surface area (TPSA) is 29.5 Å². The first-order valence-electron chi connectivity index (χ1n) is 4.87. The van der Waals surface area contributed by atoms with Gasteiger partial charge in [0.1, 0.15) is 11.6 Å². The Hall–Kier alpha value is -1.09. The lowest BCUT2D eigenvalue weighted by atomic mass is 9.84. The van der Waals surface area contributed by atoms with Gasteiger partial charge in [0.2, 0.25) is 0 Å². The zero-order valence-electron chi connectivity index (χ0n) is 9.54. The van der Waals surface area contributed by atoms with Crippen LogP contribution < -0.4 is 4.74 Å². The first kappa shape index (κ1) is 12.0. The highest BCUT2D eigenvalue weighted by Gasteiger charge is 2.26. The van der Waals surface area contributed by atoms with E-state index in [4.69, 9.17) is 4.74 Å². The quantitative estimate of drug-likeness (QED) is 0.816. The number of hydrogen-bond donors (Lipinski definition) is 1. The number of ether oxygens (including phenoxy) is 1. The van der Waals surface area contributed by atoms with Crippen molar-refractivity contribution in [2.45, 2.75) is 26.9 Å². The first-order chi connectivity index (χ1) is 6.86. The van der Waals surface area contributed by atoms with Gasteiger partial charge in [-0.2, -0.15) is 0 Å². The molecule has 1 aromatic rings. The molecule has 2 nitrogen and oxygen atoms in total. The van der Waals surface area contributed by atoms with Gasteiger partial charge in [0.15, 0.2) is 0 Å². The maximum absolute atomic E-state index is 12.9. The summed E-state index contributed by atoms with van der Waals surface area (Å²) in [6.07, 6.45) is -0.673. The van der Waals surface area contributed by atoms with Gasteiger partial charge in [-0.25, -0.2) is 4.39 Å². The summed E-state index contributed by atoms with van der Waals surface area (Å²) in [7, 11) is 1.47. The summed E-state index contributed by atoms with van der Waals surface area (Å²) in [5.41, 5.74) is 0.317. The number of halogens is 1. The van der Waals surface area contributed by atoms with E-state index in [1.165, 1.54) is 19.2 Å². The van der Waals surface area contributed by atoms with Gasteiger partial charge < -0.3 is 9.84 Å². The Balaban J connectivity index is 3.14. The van der Waals surface area contributed by atoms with E-state index in [1.807, 2.05) is 20.8 Å². The molecule has 0 bridgehead atoms. The van der Waals surface area contributed by atoms with Gasteiger partial charge in [-0.3, -0.25) is 0 Å². The zero-order valence-corrected chi connectivity index (χ0v) is 9.54. The molecule has 1 aromatic carbocycles. The summed E-state index contributed by atoms with van der Waals surface area (Å²) in [6, 6.07) is 4.17. The van der Waals surface area contributed by atoms with Crippen molar-refractivity contribution in [3.05, 3.63) is 29.6 Å². The van der Waals surface area contributed by atoms with E-state index in [-0.39, 0.29) is 11.2 Å². The number of aliphatic hydroxyl groups excluding tert-OH is 1. The standard InChI is InChI=1S/C12H17FO2/c1-12(2,3)11(14)9-6-5-8(13)7-10(9)15-4/h5-7,11,14H,1-4H3. The van der Waals surface area contributed by atoms with E-state index < -0.39 is 6.10 Å². The summed E-state index contributed by atoms with van der Waals surface area (Å²) in [5.74, 6) is 0.0223. The molecule has 0 aromatic heterocycles. The highest BCUT2D eigenvalue weighted by atomic mass is 19.1. The molecule has 84 valence electrons. The molecule has 0 aliphatic carbocycles. The summed E-state index contributed by atoms with van der Waals surface area (Å²) < 4.78 is 18.0. The highest BCUT2D eigenvalue weighted by Crippen LogP contribution is 2.37. The van der Waals surface area contributed by atoms with E-state index in [0.717, 1.165) is 0 Å². The van der Waals surface area contributed by atoms with Crippen LogP contribution in [-0.4, -0.2) is 12.2 Å². The predicted octanol–water partition coefficient (Wildman–Crippen LogP) is 2.91. The van der Waals surface area contributed by atoms with Gasteiger partial charge in [-0.15, -0.1) is 0 Å². The van der Waals surface area contributed by atoms with Crippen molar-refractivity contribution in [2.24, 2.45) is 5.41 Å². The Kier molecular flexibility index (Phi) is 3.35. The highest BCUT2D eigenvalue weighted by molar-refractivity contribution is 5.36. The number of aliphatic hydroxyl groups is 1. The molecular weight excluding hydrogens is 195 g/mol. The van der Waals surface area contributed by atoms with Crippen LogP contribution in [0.5, 0.6) is 5.75 Å². The Bertz CT molecular complexity index is 342. The lowest BCUT2D eigenvalue weighted by Gasteiger charge is -2.27. The normalized spacial score (nSPS) is 13.7. The Morgan fingerprint density at radius 3 is 2.40 bits per heavy atom. The van der Waals surface area contributed by atoms with Gasteiger partial charge in [-0.1, -0.05) is 20.8 Å². The lowest BCUT2D eigenvalue weighted by Crippen LogP contribution is -2.18. The SMILES string of the molecule is COc1cc(F)ccc1C(O)C(C)(C)C. The molecule has 0 amide bonds. The van der Waals surface area contributed by atoms with Crippen LogP contribution in [0.3, 0.4) is 0 Å². The molecule has 0 saturated heterocycles. The molecule has 0 spiro atoms. The Morgan fingerprint density at radius 1 is 1.33 bits per heavy atom. The number of hydrogen-bond acceptors (Lipinski definition) is 2. The molecular formula is C12H17FO2. The molecule has 1 unspecified atom stereocenters. The summed E-state index contributed by atoms with van der Waals surface area (Å²) in [4.78, 5) is 0. The van der Waals surface area contributed by atoms with Gasteiger partial charge in [-0.05, 0) is 17.5 Å². The number of benzene rings is 1. The van der Waals surface area contributed by atoms with Crippen LogP contribution in [0.1, 0.15) is 32.4 Å². The fraction of sp³-hybridized carbons (Fsp3) is 0.500. The van der Waals surface area contributed by atoms with Crippen LogP contribution in [0.25, 0.3) is 0 Å². The minimum absolute atomic E-state index is 0.300. The second-order valence-electron chi connectivity index (χ2n) is 4.65. The maximum Gasteiger partial charge on any atom is 0.127 e. The molecule has 15 heavy (non-hydrogen) atoms. The van der Waals surface area contributed by atoms with E-state index in [9.17, 15) is 9.50 Å². The van der Waals surface area contributed by atoms with Crippen molar-refractivity contribution >= 4 is 0 Å². The van der Waals surface area contributed by atoms with Crippen molar-refractivity contribution in [3.63, 3.8) is 0 Å². The van der Waals surface area contributed by atoms with Gasteiger partial charge in [0.25, 0.3) is 0 Å². The fourth-order valence-electron chi connectivity index (χ4n) is 1.38. The molecule has 0 heterocycles. The maximum atomic E-state index is 12.9.